The first kappa shape index (κ1) is 12.1. The van der Waals surface area contributed by atoms with Gasteiger partial charge in [0.15, 0.2) is 0 Å². The van der Waals surface area contributed by atoms with E-state index in [4.69, 9.17) is 4.74 Å². The van der Waals surface area contributed by atoms with Crippen molar-refractivity contribution in [3.8, 4) is 5.75 Å². The fourth-order valence-corrected chi connectivity index (χ4v) is 1.53. The molecule has 84 valence electrons. The monoisotopic (exact) mass is 208 g/mol. The summed E-state index contributed by atoms with van der Waals surface area (Å²) >= 11 is 0. The van der Waals surface area contributed by atoms with Crippen LogP contribution in [0.25, 0.3) is 0 Å². The summed E-state index contributed by atoms with van der Waals surface area (Å²) in [6.07, 6.45) is 0. The molecule has 0 aliphatic carbocycles. The van der Waals surface area contributed by atoms with Crippen LogP contribution in [0.1, 0.15) is 31.9 Å². The second-order valence-corrected chi connectivity index (χ2v) is 4.51. The van der Waals surface area contributed by atoms with Crippen LogP contribution in [-0.2, 0) is 5.60 Å². The zero-order valence-electron chi connectivity index (χ0n) is 10.2. The van der Waals surface area contributed by atoms with Crippen molar-refractivity contribution in [1.82, 2.24) is 0 Å². The maximum atomic E-state index is 10.4. The molecule has 0 radical (unpaired) electrons. The van der Waals surface area contributed by atoms with Crippen LogP contribution in [0.2, 0.25) is 0 Å². The molecule has 1 N–H and O–H groups in total. The number of ether oxygens (including phenoxy) is 1. The topological polar surface area (TPSA) is 29.5 Å². The summed E-state index contributed by atoms with van der Waals surface area (Å²) in [6, 6.07) is 5.87. The smallest absolute Gasteiger partial charge is 0.124 e. The summed E-state index contributed by atoms with van der Waals surface area (Å²) in [4.78, 5) is 0. The number of rotatable bonds is 3. The van der Waals surface area contributed by atoms with Crippen molar-refractivity contribution in [3.63, 3.8) is 0 Å². The van der Waals surface area contributed by atoms with Gasteiger partial charge in [0.05, 0.1) is 12.7 Å². The first-order valence-corrected chi connectivity index (χ1v) is 5.27. The predicted molar refractivity (Wildman–Crippen MR) is 62.1 cm³/mol. The second-order valence-electron chi connectivity index (χ2n) is 4.51. The average Bonchev–Trinajstić information content (AvgIpc) is 2.17. The Morgan fingerprint density at radius 3 is 2.40 bits per heavy atom. The predicted octanol–water partition coefficient (Wildman–Crippen LogP) is 2.87. The molecule has 0 saturated carbocycles. The number of hydrogen-bond donors (Lipinski definition) is 1. The first-order chi connectivity index (χ1) is 6.89. The minimum atomic E-state index is -0.850. The third-order valence-electron chi connectivity index (χ3n) is 3.02. The van der Waals surface area contributed by atoms with Crippen molar-refractivity contribution in [3.05, 3.63) is 29.3 Å². The zero-order valence-corrected chi connectivity index (χ0v) is 10.2. The Kier molecular flexibility index (Phi) is 3.40. The number of aliphatic hydroxyl groups is 1. The highest BCUT2D eigenvalue weighted by molar-refractivity contribution is 5.40. The van der Waals surface area contributed by atoms with Crippen LogP contribution in [-0.4, -0.2) is 12.2 Å². The van der Waals surface area contributed by atoms with Crippen LogP contribution < -0.4 is 4.74 Å². The van der Waals surface area contributed by atoms with E-state index in [2.05, 4.69) is 0 Å². The van der Waals surface area contributed by atoms with Crippen molar-refractivity contribution in [2.75, 3.05) is 7.11 Å². The van der Waals surface area contributed by atoms with Gasteiger partial charge in [-0.2, -0.15) is 0 Å². The summed E-state index contributed by atoms with van der Waals surface area (Å²) in [7, 11) is 1.63. The second kappa shape index (κ2) is 4.23. The fourth-order valence-electron chi connectivity index (χ4n) is 1.53. The average molecular weight is 208 g/mol. The van der Waals surface area contributed by atoms with Gasteiger partial charge in [-0.15, -0.1) is 0 Å². The van der Waals surface area contributed by atoms with Crippen molar-refractivity contribution >= 4 is 0 Å². The van der Waals surface area contributed by atoms with Gasteiger partial charge in [-0.3, -0.25) is 0 Å². The van der Waals surface area contributed by atoms with Crippen LogP contribution in [0.4, 0.5) is 0 Å². The molecule has 1 aromatic carbocycles. The standard InChI is InChI=1S/C13H20O2/c1-9(2)13(4,14)11-8-10(3)6-7-12(11)15-5/h6-9,14H,1-5H3/t13-/m0/s1. The summed E-state index contributed by atoms with van der Waals surface area (Å²) in [5, 5.41) is 10.4. The Hall–Kier alpha value is -1.02. The third-order valence-corrected chi connectivity index (χ3v) is 3.02. The SMILES string of the molecule is COc1ccc(C)cc1[C@@](C)(O)C(C)C. The Morgan fingerprint density at radius 1 is 1.33 bits per heavy atom. The van der Waals surface area contributed by atoms with E-state index in [-0.39, 0.29) is 5.92 Å². The van der Waals surface area contributed by atoms with E-state index < -0.39 is 5.60 Å². The molecule has 1 atom stereocenters. The van der Waals surface area contributed by atoms with Crippen LogP contribution in [0.15, 0.2) is 18.2 Å². The molecule has 0 aliphatic rings. The van der Waals surface area contributed by atoms with Gasteiger partial charge in [0, 0.05) is 5.56 Å². The van der Waals surface area contributed by atoms with Gasteiger partial charge in [0.2, 0.25) is 0 Å². The van der Waals surface area contributed by atoms with Gasteiger partial charge in [0.25, 0.3) is 0 Å². The minimum Gasteiger partial charge on any atom is -0.496 e. The molecule has 2 nitrogen and oxygen atoms in total. The van der Waals surface area contributed by atoms with E-state index in [9.17, 15) is 5.11 Å². The molecule has 0 fully saturated rings. The molecule has 1 rings (SSSR count). The Morgan fingerprint density at radius 2 is 1.93 bits per heavy atom. The Bertz CT molecular complexity index is 340. The molecular formula is C13H20O2. The lowest BCUT2D eigenvalue weighted by atomic mass is 9.84. The molecule has 0 aliphatic heterocycles. The molecule has 0 heterocycles. The van der Waals surface area contributed by atoms with E-state index >= 15 is 0 Å². The molecule has 1 aromatic rings. The van der Waals surface area contributed by atoms with Crippen LogP contribution in [0.5, 0.6) is 5.75 Å². The number of benzene rings is 1. The highest BCUT2D eigenvalue weighted by atomic mass is 16.5. The van der Waals surface area contributed by atoms with Gasteiger partial charge >= 0.3 is 0 Å². The van der Waals surface area contributed by atoms with E-state index in [1.54, 1.807) is 7.11 Å². The molecule has 0 bridgehead atoms. The largest absolute Gasteiger partial charge is 0.496 e. The third kappa shape index (κ3) is 2.32. The molecule has 0 saturated heterocycles. The van der Waals surface area contributed by atoms with E-state index in [0.717, 1.165) is 16.9 Å². The van der Waals surface area contributed by atoms with Gasteiger partial charge < -0.3 is 9.84 Å². The van der Waals surface area contributed by atoms with E-state index in [1.807, 2.05) is 45.9 Å². The lowest BCUT2D eigenvalue weighted by Crippen LogP contribution is -2.28. The summed E-state index contributed by atoms with van der Waals surface area (Å²) in [6.45, 7) is 7.85. The lowest BCUT2D eigenvalue weighted by molar-refractivity contribution is 0.00690. The Labute approximate surface area is 91.9 Å². The number of hydrogen-bond acceptors (Lipinski definition) is 2. The molecular weight excluding hydrogens is 188 g/mol. The van der Waals surface area contributed by atoms with Gasteiger partial charge in [0.1, 0.15) is 5.75 Å². The van der Waals surface area contributed by atoms with Crippen molar-refractivity contribution in [2.45, 2.75) is 33.3 Å². The molecule has 0 amide bonds. The lowest BCUT2D eigenvalue weighted by Gasteiger charge is -2.30. The molecule has 0 aromatic heterocycles. The van der Waals surface area contributed by atoms with Gasteiger partial charge in [-0.1, -0.05) is 25.5 Å². The van der Waals surface area contributed by atoms with Crippen molar-refractivity contribution in [2.24, 2.45) is 5.92 Å². The van der Waals surface area contributed by atoms with Crippen molar-refractivity contribution < 1.29 is 9.84 Å². The first-order valence-electron chi connectivity index (χ1n) is 5.27. The van der Waals surface area contributed by atoms with Crippen LogP contribution >= 0.6 is 0 Å². The minimum absolute atomic E-state index is 0.146. The van der Waals surface area contributed by atoms with E-state index in [0.29, 0.717) is 0 Å². The number of methoxy groups -OCH3 is 1. The normalized spacial score (nSPS) is 15.1. The summed E-state index contributed by atoms with van der Waals surface area (Å²) < 4.78 is 5.28. The molecule has 2 heteroatoms. The quantitative estimate of drug-likeness (QED) is 0.827. The molecule has 0 unspecified atom stereocenters. The van der Waals surface area contributed by atoms with Gasteiger partial charge in [-0.05, 0) is 31.9 Å². The highest BCUT2D eigenvalue weighted by Gasteiger charge is 2.30. The fraction of sp³-hybridized carbons (Fsp3) is 0.538. The van der Waals surface area contributed by atoms with Crippen LogP contribution in [0, 0.1) is 12.8 Å². The summed E-state index contributed by atoms with van der Waals surface area (Å²) in [5.41, 5.74) is 1.14. The van der Waals surface area contributed by atoms with E-state index in [1.165, 1.54) is 0 Å². The van der Waals surface area contributed by atoms with Crippen molar-refractivity contribution in [1.29, 1.82) is 0 Å². The molecule has 15 heavy (non-hydrogen) atoms. The maximum absolute atomic E-state index is 10.4. The molecule has 0 spiro atoms. The van der Waals surface area contributed by atoms with Gasteiger partial charge in [-0.25, -0.2) is 0 Å². The summed E-state index contributed by atoms with van der Waals surface area (Å²) in [5.74, 6) is 0.896. The van der Waals surface area contributed by atoms with Crippen LogP contribution in [0.3, 0.4) is 0 Å². The Balaban J connectivity index is 3.28. The zero-order chi connectivity index (χ0) is 11.6. The highest BCUT2D eigenvalue weighted by Crippen LogP contribution is 2.35. The maximum Gasteiger partial charge on any atom is 0.124 e. The number of aryl methyl sites for hydroxylation is 1.